The zero-order valence-corrected chi connectivity index (χ0v) is 61.0. The Labute approximate surface area is 627 Å². The highest BCUT2D eigenvalue weighted by Crippen LogP contribution is 2.36. The van der Waals surface area contributed by atoms with Gasteiger partial charge in [-0.2, -0.15) is 0 Å². The average molecular weight is 1450 g/mol. The van der Waals surface area contributed by atoms with Crippen LogP contribution in [-0.2, 0) is 67.3 Å². The average Bonchev–Trinajstić information content (AvgIpc) is 1.79. The maximum atomic E-state index is 14.8. The predicted molar refractivity (Wildman–Crippen MR) is 428 cm³/mol. The summed E-state index contributed by atoms with van der Waals surface area (Å²) >= 11 is 0. The first-order valence-corrected chi connectivity index (χ1v) is 36.2. The van der Waals surface area contributed by atoms with Crippen LogP contribution in [0.3, 0.4) is 0 Å². The van der Waals surface area contributed by atoms with Crippen molar-refractivity contribution in [2.75, 3.05) is 37.3 Å². The number of methoxy groups -OCH3 is 3. The molecule has 15 rings (SSSR count). The highest BCUT2D eigenvalue weighted by molar-refractivity contribution is 6.02. The van der Waals surface area contributed by atoms with Crippen molar-refractivity contribution in [2.24, 2.45) is 0 Å². The van der Waals surface area contributed by atoms with Crippen LogP contribution in [0.4, 0.5) is 17.1 Å². The SMILES string of the molecule is COc1ccc2[nH]c(C)c(CC(=O)N[C@@H](Cc3c[nH]c4ccccc34)C(=O)Nc3ccc(C(c4ccc(NC(=O)[C@H](Cc5c[nH]c6ccccc56)NC(=O)Cc5c(C)[nH]c6ccc(OC)cc56)cc4)c4ccc(NC(=O)[C@H](Cc5c[nH]c6ccccc56)NC(=O)Cc5c(C)[nH]c6ccc(OC)cc56)cc4)cc3)c2c1. The molecular formula is C88H82N12O9. The lowest BCUT2D eigenvalue weighted by Crippen LogP contribution is -2.45. The van der Waals surface area contributed by atoms with Gasteiger partial charge in [0.1, 0.15) is 35.4 Å². The van der Waals surface area contributed by atoms with Crippen LogP contribution in [0.1, 0.15) is 73.1 Å². The molecule has 0 fully saturated rings. The van der Waals surface area contributed by atoms with Crippen molar-refractivity contribution in [3.05, 3.63) is 286 Å². The lowest BCUT2D eigenvalue weighted by atomic mass is 9.85. The number of aromatic nitrogens is 6. The number of aryl methyl sites for hydroxylation is 3. The van der Waals surface area contributed by atoms with Gasteiger partial charge in [0, 0.05) is 143 Å². The fraction of sp³-hybridized carbons (Fsp3) is 0.182. The second-order valence-corrected chi connectivity index (χ2v) is 27.8. The smallest absolute Gasteiger partial charge is 0.247 e. The number of carbonyl (C=O) groups excluding carboxylic acids is 6. The van der Waals surface area contributed by atoms with Crippen molar-refractivity contribution in [1.82, 2.24) is 45.9 Å². The largest absolute Gasteiger partial charge is 0.497 e. The fourth-order valence-corrected chi connectivity index (χ4v) is 15.1. The van der Waals surface area contributed by atoms with E-state index in [4.69, 9.17) is 14.2 Å². The standard InChI is InChI=1S/C88H82N12O9/c1-49-67(70-40-61(107-4)31-34-76(70)92-49)43-82(101)98-79(37-55-46-89-73-16-10-7-13-64(55)73)86(104)95-58-25-19-52(20-26-58)85(53-21-27-59(28-22-53)96-87(105)80(38-56-47-90-74-17-11-8-14-65(56)74)99-83(102)44-68-50(2)93-77-35-32-62(108-5)41-71(68)77)54-23-29-60(30-24-54)97-88(106)81(39-57-48-91-75-18-12-9-15-66(57)75)100-84(103)45-69-51(3)94-78-36-33-63(109-6)42-72(69)78/h7-36,40-42,46-48,79-81,85,89-94H,37-39,43-45H2,1-6H3,(H,95,104)(H,96,105)(H,97,106)(H,98,101)(H,99,102)(H,100,103)/t79-,80-,81-/m0/s1. The Hall–Kier alpha value is -13.6. The van der Waals surface area contributed by atoms with Crippen LogP contribution in [-0.4, -0.2) is 105 Å². The fourth-order valence-electron chi connectivity index (χ4n) is 15.1. The van der Waals surface area contributed by atoms with Crippen LogP contribution < -0.4 is 46.1 Å². The zero-order chi connectivity index (χ0) is 75.4. The molecule has 0 saturated heterocycles. The van der Waals surface area contributed by atoms with Crippen LogP contribution in [0.2, 0.25) is 0 Å². The number of rotatable bonds is 27. The number of aromatic amines is 6. The zero-order valence-electron chi connectivity index (χ0n) is 61.0. The number of amides is 6. The number of carbonyl (C=O) groups is 6. The first-order chi connectivity index (χ1) is 53.0. The number of H-pyrrole nitrogens is 6. The molecular weight excluding hydrogens is 1370 g/mol. The normalized spacial score (nSPS) is 12.4. The van der Waals surface area contributed by atoms with Crippen molar-refractivity contribution in [1.29, 1.82) is 0 Å². The molecule has 21 nitrogen and oxygen atoms in total. The molecule has 12 N–H and O–H groups in total. The summed E-state index contributed by atoms with van der Waals surface area (Å²) in [5.74, 6) is -0.753. The van der Waals surface area contributed by atoms with E-state index in [1.807, 2.05) is 240 Å². The number of hydrogen-bond acceptors (Lipinski definition) is 9. The lowest BCUT2D eigenvalue weighted by Gasteiger charge is -2.22. The van der Waals surface area contributed by atoms with Crippen LogP contribution in [0, 0.1) is 20.8 Å². The molecule has 0 aliphatic heterocycles. The first-order valence-electron chi connectivity index (χ1n) is 36.2. The van der Waals surface area contributed by atoms with E-state index in [2.05, 4.69) is 61.8 Å². The molecule has 0 spiro atoms. The third-order valence-corrected chi connectivity index (χ3v) is 20.8. The molecule has 0 bridgehead atoms. The van der Waals surface area contributed by atoms with E-state index in [9.17, 15) is 28.8 Å². The van der Waals surface area contributed by atoms with Gasteiger partial charge in [-0.15, -0.1) is 0 Å². The van der Waals surface area contributed by atoms with E-state index in [1.165, 1.54) is 0 Å². The summed E-state index contributed by atoms with van der Waals surface area (Å²) < 4.78 is 16.6. The van der Waals surface area contributed by atoms with Gasteiger partial charge >= 0.3 is 0 Å². The molecule has 15 aromatic rings. The maximum Gasteiger partial charge on any atom is 0.247 e. The number of fused-ring (bicyclic) bond motifs is 6. The lowest BCUT2D eigenvalue weighted by molar-refractivity contribution is -0.126. The van der Waals surface area contributed by atoms with Gasteiger partial charge in [-0.25, -0.2) is 0 Å². The molecule has 0 saturated carbocycles. The number of para-hydroxylation sites is 3. The molecule has 6 amide bonds. The summed E-state index contributed by atoms with van der Waals surface area (Å²) in [4.78, 5) is 107. The van der Waals surface area contributed by atoms with Gasteiger partial charge in [-0.1, -0.05) is 91.0 Å². The summed E-state index contributed by atoms with van der Waals surface area (Å²) in [5.41, 5.74) is 16.7. The number of benzene rings is 9. The molecule has 9 aromatic carbocycles. The molecule has 6 heterocycles. The summed E-state index contributed by atoms with van der Waals surface area (Å²) in [6.07, 6.45) is 6.22. The number of ether oxygens (including phenoxy) is 3. The van der Waals surface area contributed by atoms with E-state index in [-0.39, 0.29) is 56.2 Å². The van der Waals surface area contributed by atoms with Gasteiger partial charge in [-0.3, -0.25) is 28.8 Å². The van der Waals surface area contributed by atoms with Crippen molar-refractivity contribution < 1.29 is 43.0 Å². The van der Waals surface area contributed by atoms with Crippen molar-refractivity contribution >= 4 is 118 Å². The van der Waals surface area contributed by atoms with Gasteiger partial charge in [-0.05, 0) is 180 Å². The highest BCUT2D eigenvalue weighted by Gasteiger charge is 2.30. The second kappa shape index (κ2) is 30.9. The second-order valence-electron chi connectivity index (χ2n) is 27.8. The van der Waals surface area contributed by atoms with Crippen molar-refractivity contribution in [3.63, 3.8) is 0 Å². The highest BCUT2D eigenvalue weighted by atomic mass is 16.5. The molecule has 0 radical (unpaired) electrons. The topological polar surface area (TPSA) is 297 Å². The monoisotopic (exact) mass is 1450 g/mol. The number of nitrogens with one attached hydrogen (secondary N) is 12. The van der Waals surface area contributed by atoms with E-state index >= 15 is 0 Å². The third-order valence-electron chi connectivity index (χ3n) is 20.8. The Morgan fingerprint density at radius 2 is 0.606 bits per heavy atom. The Morgan fingerprint density at radius 3 is 0.881 bits per heavy atom. The van der Waals surface area contributed by atoms with Crippen LogP contribution in [0.5, 0.6) is 17.2 Å². The third kappa shape index (κ3) is 15.3. The minimum atomic E-state index is -0.989. The molecule has 0 aliphatic carbocycles. The Balaban J connectivity index is 0.715. The van der Waals surface area contributed by atoms with Gasteiger partial charge in [0.15, 0.2) is 0 Å². The van der Waals surface area contributed by atoms with E-state index in [0.29, 0.717) is 34.3 Å². The van der Waals surface area contributed by atoms with E-state index in [1.54, 1.807) is 21.3 Å². The van der Waals surface area contributed by atoms with Gasteiger partial charge in [0.05, 0.1) is 40.6 Å². The summed E-state index contributed by atoms with van der Waals surface area (Å²) in [6, 6.07) is 60.1. The van der Waals surface area contributed by atoms with Gasteiger partial charge in [0.2, 0.25) is 35.4 Å². The number of hydrogen-bond donors (Lipinski definition) is 12. The minimum absolute atomic E-state index is 0.00991. The molecule has 0 unspecified atom stereocenters. The Bertz CT molecular complexity index is 5360. The molecule has 0 aliphatic rings. The molecule has 3 atom stereocenters. The molecule has 109 heavy (non-hydrogen) atoms. The quantitative estimate of drug-likeness (QED) is 0.0218. The Kier molecular flexibility index (Phi) is 20.1. The minimum Gasteiger partial charge on any atom is -0.497 e. The van der Waals surface area contributed by atoms with Crippen LogP contribution in [0.25, 0.3) is 65.4 Å². The van der Waals surface area contributed by atoms with E-state index < -0.39 is 41.8 Å². The first kappa shape index (κ1) is 71.1. The molecule has 21 heteroatoms. The van der Waals surface area contributed by atoms with Crippen molar-refractivity contribution in [3.8, 4) is 17.2 Å². The van der Waals surface area contributed by atoms with Gasteiger partial charge in [0.25, 0.3) is 0 Å². The predicted octanol–water partition coefficient (Wildman–Crippen LogP) is 14.4. The number of anilines is 3. The summed E-state index contributed by atoms with van der Waals surface area (Å²) in [7, 11) is 4.80. The molecule has 548 valence electrons. The summed E-state index contributed by atoms with van der Waals surface area (Å²) in [6.45, 7) is 5.77. The molecule has 6 aromatic heterocycles. The van der Waals surface area contributed by atoms with Gasteiger partial charge < -0.3 is 76.0 Å². The van der Waals surface area contributed by atoms with E-state index in [0.717, 1.165) is 133 Å². The maximum absolute atomic E-state index is 14.8. The van der Waals surface area contributed by atoms with Crippen molar-refractivity contribution in [2.45, 2.75) is 83.3 Å². The Morgan fingerprint density at radius 1 is 0.330 bits per heavy atom. The van der Waals surface area contributed by atoms with Crippen LogP contribution >= 0.6 is 0 Å². The van der Waals surface area contributed by atoms with Crippen LogP contribution in [0.15, 0.2) is 219 Å². The summed E-state index contributed by atoms with van der Waals surface area (Å²) in [5, 5.41) is 24.0.